The SMILES string of the molecule is CCCC(CCC(C)(C)OOC(C)(C)C)C(C)(C)OOC(C)(C)C. The van der Waals surface area contributed by atoms with Crippen molar-refractivity contribution in [3.05, 3.63) is 0 Å². The third-order valence-corrected chi connectivity index (χ3v) is 3.74. The zero-order valence-electron chi connectivity index (χ0n) is 18.0. The summed E-state index contributed by atoms with van der Waals surface area (Å²) >= 11 is 0. The van der Waals surface area contributed by atoms with Crippen LogP contribution in [0.1, 0.15) is 102 Å². The van der Waals surface area contributed by atoms with E-state index in [-0.39, 0.29) is 22.4 Å². The molecule has 0 saturated carbocycles. The second-order valence-electron chi connectivity index (χ2n) is 9.95. The molecular weight excluding hydrogens is 304 g/mol. The second-order valence-corrected chi connectivity index (χ2v) is 9.95. The van der Waals surface area contributed by atoms with Crippen molar-refractivity contribution >= 4 is 0 Å². The Labute approximate surface area is 150 Å². The van der Waals surface area contributed by atoms with Gasteiger partial charge in [0.2, 0.25) is 0 Å². The first kappa shape index (κ1) is 23.8. The fraction of sp³-hybridized carbons (Fsp3) is 1.00. The van der Waals surface area contributed by atoms with Gasteiger partial charge in [-0.1, -0.05) is 13.3 Å². The molecule has 0 bridgehead atoms. The third kappa shape index (κ3) is 11.4. The van der Waals surface area contributed by atoms with Crippen LogP contribution in [-0.2, 0) is 19.6 Å². The zero-order valence-corrected chi connectivity index (χ0v) is 18.0. The fourth-order valence-corrected chi connectivity index (χ4v) is 2.29. The standard InChI is InChI=1S/C20H42O4/c1-12-13-16(20(10,11)24-22-18(5,6)7)14-15-19(8,9)23-21-17(2,3)4/h16H,12-15H2,1-11H3. The lowest BCUT2D eigenvalue weighted by atomic mass is 9.81. The van der Waals surface area contributed by atoms with E-state index in [0.717, 1.165) is 25.7 Å². The van der Waals surface area contributed by atoms with Gasteiger partial charge in [-0.05, 0) is 94.4 Å². The molecule has 0 aromatic heterocycles. The first-order valence-corrected chi connectivity index (χ1v) is 9.32. The molecule has 0 rings (SSSR count). The van der Waals surface area contributed by atoms with Gasteiger partial charge in [-0.25, -0.2) is 19.6 Å². The molecule has 4 nitrogen and oxygen atoms in total. The van der Waals surface area contributed by atoms with Gasteiger partial charge in [-0.15, -0.1) is 0 Å². The zero-order chi connectivity index (χ0) is 19.2. The van der Waals surface area contributed by atoms with Crippen LogP contribution in [0.15, 0.2) is 0 Å². The Bertz CT molecular complexity index is 348. The van der Waals surface area contributed by atoms with Gasteiger partial charge in [0.05, 0.1) is 16.8 Å². The quantitative estimate of drug-likeness (QED) is 0.347. The minimum absolute atomic E-state index is 0.303. The molecular formula is C20H42O4. The minimum Gasteiger partial charge on any atom is -0.230 e. The van der Waals surface area contributed by atoms with E-state index in [1.807, 2.05) is 41.5 Å². The topological polar surface area (TPSA) is 36.9 Å². The lowest BCUT2D eigenvalue weighted by molar-refractivity contribution is -0.410. The smallest absolute Gasteiger partial charge is 0.101 e. The van der Waals surface area contributed by atoms with Crippen molar-refractivity contribution in [1.82, 2.24) is 0 Å². The van der Waals surface area contributed by atoms with Crippen molar-refractivity contribution in [3.8, 4) is 0 Å². The summed E-state index contributed by atoms with van der Waals surface area (Å²) in [5.74, 6) is 0.391. The molecule has 24 heavy (non-hydrogen) atoms. The van der Waals surface area contributed by atoms with Crippen LogP contribution in [0.5, 0.6) is 0 Å². The summed E-state index contributed by atoms with van der Waals surface area (Å²) in [6.07, 6.45) is 4.11. The van der Waals surface area contributed by atoms with Crippen LogP contribution in [0.2, 0.25) is 0 Å². The van der Waals surface area contributed by atoms with Crippen molar-refractivity contribution in [1.29, 1.82) is 0 Å². The maximum atomic E-state index is 5.82. The van der Waals surface area contributed by atoms with E-state index in [0.29, 0.717) is 5.92 Å². The van der Waals surface area contributed by atoms with Crippen LogP contribution >= 0.6 is 0 Å². The second kappa shape index (κ2) is 8.98. The van der Waals surface area contributed by atoms with Gasteiger partial charge in [0, 0.05) is 0 Å². The Hall–Kier alpha value is -0.160. The Morgan fingerprint density at radius 1 is 0.625 bits per heavy atom. The van der Waals surface area contributed by atoms with E-state index in [9.17, 15) is 0 Å². The largest absolute Gasteiger partial charge is 0.230 e. The Morgan fingerprint density at radius 3 is 1.50 bits per heavy atom. The van der Waals surface area contributed by atoms with Gasteiger partial charge in [0.25, 0.3) is 0 Å². The summed E-state index contributed by atoms with van der Waals surface area (Å²) in [5.41, 5.74) is -1.29. The normalized spacial score (nSPS) is 15.6. The Kier molecular flexibility index (Phi) is 8.92. The van der Waals surface area contributed by atoms with Gasteiger partial charge in [0.15, 0.2) is 0 Å². The van der Waals surface area contributed by atoms with Crippen molar-refractivity contribution in [2.24, 2.45) is 5.92 Å². The molecule has 4 heteroatoms. The average molecular weight is 347 g/mol. The molecule has 0 aromatic carbocycles. The molecule has 0 radical (unpaired) electrons. The summed E-state index contributed by atoms with van der Waals surface area (Å²) in [6.45, 7) is 22.5. The monoisotopic (exact) mass is 346 g/mol. The van der Waals surface area contributed by atoms with Crippen LogP contribution in [0.3, 0.4) is 0 Å². The van der Waals surface area contributed by atoms with Gasteiger partial charge in [-0.2, -0.15) is 0 Å². The van der Waals surface area contributed by atoms with Crippen molar-refractivity contribution in [2.75, 3.05) is 0 Å². The Morgan fingerprint density at radius 2 is 1.08 bits per heavy atom. The third-order valence-electron chi connectivity index (χ3n) is 3.74. The summed E-state index contributed by atoms with van der Waals surface area (Å²) in [6, 6.07) is 0. The molecule has 0 fully saturated rings. The van der Waals surface area contributed by atoms with Crippen LogP contribution in [0, 0.1) is 5.92 Å². The van der Waals surface area contributed by atoms with Crippen molar-refractivity contribution < 1.29 is 19.6 Å². The molecule has 0 aliphatic rings. The lowest BCUT2D eigenvalue weighted by Gasteiger charge is -2.37. The average Bonchev–Trinajstić information content (AvgIpc) is 2.38. The molecule has 0 spiro atoms. The molecule has 0 N–H and O–H groups in total. The summed E-state index contributed by atoms with van der Waals surface area (Å²) in [4.78, 5) is 22.6. The summed E-state index contributed by atoms with van der Waals surface area (Å²) < 4.78 is 0. The van der Waals surface area contributed by atoms with Crippen molar-refractivity contribution in [2.45, 2.75) is 124 Å². The summed E-state index contributed by atoms with van der Waals surface area (Å²) in [7, 11) is 0. The minimum atomic E-state index is -0.343. The fourth-order valence-electron chi connectivity index (χ4n) is 2.29. The van der Waals surface area contributed by atoms with Gasteiger partial charge in [0.1, 0.15) is 5.60 Å². The molecule has 0 aromatic rings. The first-order valence-electron chi connectivity index (χ1n) is 9.32. The highest BCUT2D eigenvalue weighted by atomic mass is 17.2. The molecule has 0 saturated heterocycles. The van der Waals surface area contributed by atoms with Crippen molar-refractivity contribution in [3.63, 3.8) is 0 Å². The van der Waals surface area contributed by atoms with Crippen LogP contribution in [-0.4, -0.2) is 22.4 Å². The molecule has 1 atom stereocenters. The van der Waals surface area contributed by atoms with E-state index in [1.165, 1.54) is 0 Å². The van der Waals surface area contributed by atoms with Crippen LogP contribution < -0.4 is 0 Å². The highest BCUT2D eigenvalue weighted by Crippen LogP contribution is 2.34. The van der Waals surface area contributed by atoms with Gasteiger partial charge < -0.3 is 0 Å². The maximum absolute atomic E-state index is 5.82. The Balaban J connectivity index is 4.71. The number of rotatable bonds is 10. The van der Waals surface area contributed by atoms with E-state index in [4.69, 9.17) is 19.6 Å². The van der Waals surface area contributed by atoms with E-state index < -0.39 is 0 Å². The van der Waals surface area contributed by atoms with Gasteiger partial charge >= 0.3 is 0 Å². The van der Waals surface area contributed by atoms with Crippen LogP contribution in [0.25, 0.3) is 0 Å². The first-order chi connectivity index (χ1) is 10.6. The lowest BCUT2D eigenvalue weighted by Crippen LogP contribution is -2.39. The molecule has 0 amide bonds. The highest BCUT2D eigenvalue weighted by molar-refractivity contribution is 4.81. The van der Waals surface area contributed by atoms with Crippen LogP contribution in [0.4, 0.5) is 0 Å². The van der Waals surface area contributed by atoms with E-state index in [2.05, 4.69) is 34.6 Å². The molecule has 0 aliphatic heterocycles. The molecule has 146 valence electrons. The molecule has 1 unspecified atom stereocenters. The molecule has 0 heterocycles. The van der Waals surface area contributed by atoms with E-state index >= 15 is 0 Å². The predicted octanol–water partition coefficient (Wildman–Crippen LogP) is 6.23. The maximum Gasteiger partial charge on any atom is 0.101 e. The van der Waals surface area contributed by atoms with Gasteiger partial charge in [-0.3, -0.25) is 0 Å². The highest BCUT2D eigenvalue weighted by Gasteiger charge is 2.35. The predicted molar refractivity (Wildman–Crippen MR) is 99.6 cm³/mol. The molecule has 0 aliphatic carbocycles. The number of hydrogen-bond acceptors (Lipinski definition) is 4. The summed E-state index contributed by atoms with van der Waals surface area (Å²) in [5, 5.41) is 0. The van der Waals surface area contributed by atoms with E-state index in [1.54, 1.807) is 0 Å². The number of hydrogen-bond donors (Lipinski definition) is 0.